The third-order valence-electron chi connectivity index (χ3n) is 3.73. The van der Waals surface area contributed by atoms with Crippen LogP contribution in [-0.2, 0) is 10.2 Å². The lowest BCUT2D eigenvalue weighted by Gasteiger charge is -2.33. The second-order valence-electron chi connectivity index (χ2n) is 5.22. The number of hydrogen-bond donors (Lipinski definition) is 2. The maximum atomic E-state index is 12.4. The first-order chi connectivity index (χ1) is 9.54. The molecule has 112 valence electrons. The molecule has 1 heterocycles. The molecule has 0 amide bonds. The fourth-order valence-corrected chi connectivity index (χ4v) is 4.23. The van der Waals surface area contributed by atoms with Crippen molar-refractivity contribution in [3.05, 3.63) is 35.9 Å². The summed E-state index contributed by atoms with van der Waals surface area (Å²) in [6.45, 7) is 2.21. The summed E-state index contributed by atoms with van der Waals surface area (Å²) in [5, 5.41) is 9.46. The molecule has 0 saturated carbocycles. The van der Waals surface area contributed by atoms with Gasteiger partial charge < -0.3 is 5.11 Å². The Morgan fingerprint density at radius 1 is 1.35 bits per heavy atom. The van der Waals surface area contributed by atoms with Gasteiger partial charge in [0.1, 0.15) is 0 Å². The van der Waals surface area contributed by atoms with Gasteiger partial charge in [0, 0.05) is 12.6 Å². The van der Waals surface area contributed by atoms with Gasteiger partial charge in [-0.2, -0.15) is 17.4 Å². The van der Waals surface area contributed by atoms with Crippen LogP contribution in [0.15, 0.2) is 30.3 Å². The molecular weight excluding hydrogens is 276 g/mol. The van der Waals surface area contributed by atoms with Crippen molar-refractivity contribution in [1.29, 1.82) is 0 Å². The van der Waals surface area contributed by atoms with Gasteiger partial charge >= 0.3 is 0 Å². The molecule has 2 atom stereocenters. The highest BCUT2D eigenvalue weighted by Crippen LogP contribution is 2.21. The average Bonchev–Trinajstić information content (AvgIpc) is 2.46. The van der Waals surface area contributed by atoms with E-state index in [2.05, 4.69) is 4.72 Å². The number of rotatable bonds is 5. The summed E-state index contributed by atoms with van der Waals surface area (Å²) >= 11 is 0. The Hall–Kier alpha value is -0.950. The van der Waals surface area contributed by atoms with Gasteiger partial charge in [0.05, 0.1) is 12.6 Å². The zero-order valence-electron chi connectivity index (χ0n) is 11.7. The number of aliphatic hydroxyl groups excluding tert-OH is 1. The van der Waals surface area contributed by atoms with Crippen LogP contribution in [0.2, 0.25) is 0 Å². The third-order valence-corrected chi connectivity index (χ3v) is 5.47. The lowest BCUT2D eigenvalue weighted by Crippen LogP contribution is -2.49. The zero-order chi connectivity index (χ0) is 14.6. The molecular formula is C14H22N2O3S. The van der Waals surface area contributed by atoms with Gasteiger partial charge in [0.15, 0.2) is 0 Å². The molecule has 1 fully saturated rings. The summed E-state index contributed by atoms with van der Waals surface area (Å²) < 4.78 is 29.0. The molecule has 0 aromatic heterocycles. The monoisotopic (exact) mass is 298 g/mol. The topological polar surface area (TPSA) is 69.6 Å². The van der Waals surface area contributed by atoms with Gasteiger partial charge in [-0.3, -0.25) is 0 Å². The SMILES string of the molecule is CC1CCCCN1S(=O)(=O)NC(CO)c1ccccc1. The van der Waals surface area contributed by atoms with Crippen LogP contribution in [0, 0.1) is 0 Å². The van der Waals surface area contributed by atoms with Crippen LogP contribution in [-0.4, -0.2) is 37.0 Å². The Morgan fingerprint density at radius 3 is 2.65 bits per heavy atom. The third kappa shape index (κ3) is 3.58. The maximum absolute atomic E-state index is 12.4. The Morgan fingerprint density at radius 2 is 2.05 bits per heavy atom. The normalized spacial score (nSPS) is 22.6. The van der Waals surface area contributed by atoms with Gasteiger partial charge in [-0.1, -0.05) is 36.8 Å². The molecule has 0 radical (unpaired) electrons. The van der Waals surface area contributed by atoms with Crippen LogP contribution in [0.4, 0.5) is 0 Å². The standard InChI is InChI=1S/C14H22N2O3S/c1-12-7-5-6-10-16(12)20(18,19)15-14(11-17)13-8-3-2-4-9-13/h2-4,8-9,12,14-15,17H,5-7,10-11H2,1H3. The molecule has 0 bridgehead atoms. The molecule has 1 saturated heterocycles. The molecule has 6 heteroatoms. The molecule has 1 aromatic rings. The van der Waals surface area contributed by atoms with Crippen molar-refractivity contribution in [3.8, 4) is 0 Å². The largest absolute Gasteiger partial charge is 0.394 e. The smallest absolute Gasteiger partial charge is 0.280 e. The minimum Gasteiger partial charge on any atom is -0.394 e. The van der Waals surface area contributed by atoms with Crippen LogP contribution >= 0.6 is 0 Å². The summed E-state index contributed by atoms with van der Waals surface area (Å²) in [7, 11) is -3.57. The van der Waals surface area contributed by atoms with Crippen LogP contribution in [0.1, 0.15) is 37.8 Å². The first-order valence-corrected chi connectivity index (χ1v) is 8.43. The van der Waals surface area contributed by atoms with E-state index in [4.69, 9.17) is 0 Å². The van der Waals surface area contributed by atoms with Crippen molar-refractivity contribution < 1.29 is 13.5 Å². The van der Waals surface area contributed by atoms with Gasteiger partial charge in [-0.15, -0.1) is 0 Å². The molecule has 1 aromatic carbocycles. The molecule has 0 spiro atoms. The van der Waals surface area contributed by atoms with Crippen molar-refractivity contribution >= 4 is 10.2 Å². The molecule has 1 aliphatic rings. The number of piperidine rings is 1. The van der Waals surface area contributed by atoms with Gasteiger partial charge in [0.25, 0.3) is 10.2 Å². The minimum atomic E-state index is -3.57. The number of aliphatic hydroxyl groups is 1. The molecule has 2 N–H and O–H groups in total. The van der Waals surface area contributed by atoms with Gasteiger partial charge in [-0.25, -0.2) is 0 Å². The van der Waals surface area contributed by atoms with E-state index in [1.807, 2.05) is 37.3 Å². The molecule has 5 nitrogen and oxygen atoms in total. The first-order valence-electron chi connectivity index (χ1n) is 6.99. The molecule has 2 rings (SSSR count). The second kappa shape index (κ2) is 6.67. The number of benzene rings is 1. The van der Waals surface area contributed by atoms with Crippen LogP contribution in [0.3, 0.4) is 0 Å². The summed E-state index contributed by atoms with van der Waals surface area (Å²) in [5.74, 6) is 0. The summed E-state index contributed by atoms with van der Waals surface area (Å²) in [4.78, 5) is 0. The van der Waals surface area contributed by atoms with Crippen LogP contribution in [0.5, 0.6) is 0 Å². The fourth-order valence-electron chi connectivity index (χ4n) is 2.57. The Bertz CT molecular complexity index is 518. The highest BCUT2D eigenvalue weighted by atomic mass is 32.2. The van der Waals surface area contributed by atoms with E-state index in [0.29, 0.717) is 6.54 Å². The van der Waals surface area contributed by atoms with Crippen molar-refractivity contribution in [2.24, 2.45) is 0 Å². The van der Waals surface area contributed by atoms with E-state index >= 15 is 0 Å². The van der Waals surface area contributed by atoms with E-state index in [0.717, 1.165) is 24.8 Å². The molecule has 0 aliphatic carbocycles. The average molecular weight is 298 g/mol. The van der Waals surface area contributed by atoms with Gasteiger partial charge in [0.2, 0.25) is 0 Å². The Balaban J connectivity index is 2.13. The van der Waals surface area contributed by atoms with Crippen molar-refractivity contribution in [2.75, 3.05) is 13.2 Å². The van der Waals surface area contributed by atoms with E-state index in [-0.39, 0.29) is 12.6 Å². The zero-order valence-corrected chi connectivity index (χ0v) is 12.5. The molecule has 20 heavy (non-hydrogen) atoms. The van der Waals surface area contributed by atoms with E-state index in [9.17, 15) is 13.5 Å². The lowest BCUT2D eigenvalue weighted by atomic mass is 10.1. The van der Waals surface area contributed by atoms with Gasteiger partial charge in [-0.05, 0) is 25.3 Å². The molecule has 2 unspecified atom stereocenters. The quantitative estimate of drug-likeness (QED) is 0.864. The Kier molecular flexibility index (Phi) is 5.15. The summed E-state index contributed by atoms with van der Waals surface area (Å²) in [5.41, 5.74) is 0.767. The Labute approximate surface area is 120 Å². The van der Waals surface area contributed by atoms with Crippen LogP contribution < -0.4 is 4.72 Å². The van der Waals surface area contributed by atoms with E-state index in [1.165, 1.54) is 4.31 Å². The number of nitrogens with zero attached hydrogens (tertiary/aromatic N) is 1. The van der Waals surface area contributed by atoms with Crippen LogP contribution in [0.25, 0.3) is 0 Å². The van der Waals surface area contributed by atoms with Crippen molar-refractivity contribution in [3.63, 3.8) is 0 Å². The highest BCUT2D eigenvalue weighted by molar-refractivity contribution is 7.87. The maximum Gasteiger partial charge on any atom is 0.280 e. The van der Waals surface area contributed by atoms with Crippen molar-refractivity contribution in [1.82, 2.24) is 9.03 Å². The van der Waals surface area contributed by atoms with E-state index in [1.54, 1.807) is 0 Å². The summed E-state index contributed by atoms with van der Waals surface area (Å²) in [6.07, 6.45) is 2.84. The number of nitrogens with one attached hydrogen (secondary N) is 1. The minimum absolute atomic E-state index is 0.0105. The number of hydrogen-bond acceptors (Lipinski definition) is 3. The first kappa shape index (κ1) is 15.4. The summed E-state index contributed by atoms with van der Waals surface area (Å²) in [6, 6.07) is 8.54. The predicted molar refractivity (Wildman–Crippen MR) is 78.3 cm³/mol. The molecule has 1 aliphatic heterocycles. The lowest BCUT2D eigenvalue weighted by molar-refractivity contribution is 0.241. The van der Waals surface area contributed by atoms with E-state index < -0.39 is 16.3 Å². The highest BCUT2D eigenvalue weighted by Gasteiger charge is 2.31. The fraction of sp³-hybridized carbons (Fsp3) is 0.571. The second-order valence-corrected chi connectivity index (χ2v) is 6.88. The predicted octanol–water partition coefficient (Wildman–Crippen LogP) is 1.43. The van der Waals surface area contributed by atoms with Crippen molar-refractivity contribution in [2.45, 2.75) is 38.3 Å².